The van der Waals surface area contributed by atoms with Gasteiger partial charge >= 0.3 is 0 Å². The highest BCUT2D eigenvalue weighted by atomic mass is 19.1. The molecule has 8 heteroatoms. The third kappa shape index (κ3) is 4.80. The smallest absolute Gasteiger partial charge is 0.234 e. The third-order valence-electron chi connectivity index (χ3n) is 4.36. The number of hydrogen-bond acceptors (Lipinski definition) is 5. The minimum absolute atomic E-state index is 0.0474. The number of nitrogens with one attached hydrogen (secondary N) is 2. The van der Waals surface area contributed by atoms with Crippen molar-refractivity contribution >= 4 is 5.91 Å². The van der Waals surface area contributed by atoms with E-state index in [0.29, 0.717) is 25.4 Å². The van der Waals surface area contributed by atoms with Gasteiger partial charge < -0.3 is 19.9 Å². The number of amides is 1. The monoisotopic (exact) mass is 361 g/mol. The van der Waals surface area contributed by atoms with Crippen molar-refractivity contribution in [3.05, 3.63) is 48.3 Å². The zero-order valence-electron chi connectivity index (χ0n) is 14.8. The second kappa shape index (κ2) is 8.77. The normalized spacial score (nSPS) is 17.8. The number of imidazole rings is 1. The third-order valence-corrected chi connectivity index (χ3v) is 4.36. The number of halogens is 1. The van der Waals surface area contributed by atoms with E-state index < -0.39 is 0 Å². The van der Waals surface area contributed by atoms with Crippen LogP contribution in [0.2, 0.25) is 0 Å². The molecule has 2 heterocycles. The van der Waals surface area contributed by atoms with Gasteiger partial charge in [-0.25, -0.2) is 9.37 Å². The van der Waals surface area contributed by atoms with Gasteiger partial charge in [0, 0.05) is 39.1 Å². The van der Waals surface area contributed by atoms with Crippen molar-refractivity contribution in [1.29, 1.82) is 0 Å². The Bertz CT molecular complexity index is 719. The Kier molecular flexibility index (Phi) is 6.19. The number of carbonyl (C=O) groups is 1. The summed E-state index contributed by atoms with van der Waals surface area (Å²) < 4.78 is 20.3. The lowest BCUT2D eigenvalue weighted by Gasteiger charge is -2.35. The maximum atomic E-state index is 12.8. The van der Waals surface area contributed by atoms with Gasteiger partial charge in [-0.15, -0.1) is 0 Å². The second-order valence-corrected chi connectivity index (χ2v) is 6.24. The summed E-state index contributed by atoms with van der Waals surface area (Å²) in [7, 11) is 1.96. The van der Waals surface area contributed by atoms with E-state index in [2.05, 4.69) is 20.5 Å². The van der Waals surface area contributed by atoms with Gasteiger partial charge in [0.1, 0.15) is 24.0 Å². The zero-order valence-corrected chi connectivity index (χ0v) is 14.8. The second-order valence-electron chi connectivity index (χ2n) is 6.24. The van der Waals surface area contributed by atoms with Gasteiger partial charge in [0.15, 0.2) is 0 Å². The highest BCUT2D eigenvalue weighted by Crippen LogP contribution is 2.19. The van der Waals surface area contributed by atoms with Crippen molar-refractivity contribution in [1.82, 2.24) is 25.1 Å². The summed E-state index contributed by atoms with van der Waals surface area (Å²) in [4.78, 5) is 18.8. The predicted octanol–water partition coefficient (Wildman–Crippen LogP) is 0.701. The average Bonchev–Trinajstić information content (AvgIpc) is 3.06. The molecule has 1 atom stereocenters. The number of carbonyl (C=O) groups excluding carboxylic acids is 1. The molecule has 1 unspecified atom stereocenters. The molecule has 1 amide bonds. The van der Waals surface area contributed by atoms with Gasteiger partial charge in [-0.3, -0.25) is 9.69 Å². The summed E-state index contributed by atoms with van der Waals surface area (Å²) in [5, 5.41) is 6.22. The lowest BCUT2D eigenvalue weighted by molar-refractivity contribution is -0.123. The number of aromatic nitrogens is 2. The molecule has 0 bridgehead atoms. The van der Waals surface area contributed by atoms with E-state index in [1.54, 1.807) is 18.3 Å². The summed E-state index contributed by atoms with van der Waals surface area (Å²) in [6.07, 6.45) is 3.68. The number of hydrogen-bond donors (Lipinski definition) is 2. The minimum Gasteiger partial charge on any atom is -0.492 e. The first-order chi connectivity index (χ1) is 12.6. The first-order valence-corrected chi connectivity index (χ1v) is 8.70. The van der Waals surface area contributed by atoms with Crippen LogP contribution in [-0.2, 0) is 11.8 Å². The van der Waals surface area contributed by atoms with Gasteiger partial charge in [-0.05, 0) is 24.3 Å². The standard InChI is InChI=1S/C18H24FN5O2/c1-23-9-7-22-18(23)16-12-20-6-10-24(16)13-17(25)21-8-11-26-15-4-2-14(19)3-5-15/h2-5,7,9,16,20H,6,8,10-13H2,1H3,(H,21,25). The van der Waals surface area contributed by atoms with Crippen molar-refractivity contribution < 1.29 is 13.9 Å². The van der Waals surface area contributed by atoms with Crippen molar-refractivity contribution in [3.63, 3.8) is 0 Å². The fourth-order valence-corrected chi connectivity index (χ4v) is 3.02. The lowest BCUT2D eigenvalue weighted by atomic mass is 10.1. The van der Waals surface area contributed by atoms with E-state index in [4.69, 9.17) is 4.74 Å². The minimum atomic E-state index is -0.302. The van der Waals surface area contributed by atoms with Crippen LogP contribution in [0.1, 0.15) is 11.9 Å². The van der Waals surface area contributed by atoms with Crippen LogP contribution in [0, 0.1) is 5.82 Å². The first-order valence-electron chi connectivity index (χ1n) is 8.70. The van der Waals surface area contributed by atoms with E-state index in [9.17, 15) is 9.18 Å². The number of rotatable bonds is 7. The molecule has 0 aliphatic carbocycles. The Balaban J connectivity index is 1.44. The molecule has 2 N–H and O–H groups in total. The Morgan fingerprint density at radius 1 is 1.42 bits per heavy atom. The topological polar surface area (TPSA) is 71.4 Å². The van der Waals surface area contributed by atoms with Crippen molar-refractivity contribution in [2.24, 2.45) is 7.05 Å². The van der Waals surface area contributed by atoms with Crippen LogP contribution in [0.15, 0.2) is 36.7 Å². The van der Waals surface area contributed by atoms with Crippen molar-refractivity contribution in [2.75, 3.05) is 39.3 Å². The van der Waals surface area contributed by atoms with Crippen LogP contribution in [0.5, 0.6) is 5.75 Å². The van der Waals surface area contributed by atoms with Gasteiger partial charge in [-0.2, -0.15) is 0 Å². The number of benzene rings is 1. The fraction of sp³-hybridized carbons (Fsp3) is 0.444. The molecule has 7 nitrogen and oxygen atoms in total. The Morgan fingerprint density at radius 2 is 2.23 bits per heavy atom. The van der Waals surface area contributed by atoms with Gasteiger partial charge in [0.25, 0.3) is 0 Å². The van der Waals surface area contributed by atoms with E-state index >= 15 is 0 Å². The Labute approximate surface area is 152 Å². The van der Waals surface area contributed by atoms with Crippen LogP contribution < -0.4 is 15.4 Å². The van der Waals surface area contributed by atoms with Crippen LogP contribution >= 0.6 is 0 Å². The zero-order chi connectivity index (χ0) is 18.4. The maximum Gasteiger partial charge on any atom is 0.234 e. The van der Waals surface area contributed by atoms with Crippen LogP contribution in [0.4, 0.5) is 4.39 Å². The number of nitrogens with zero attached hydrogens (tertiary/aromatic N) is 3. The van der Waals surface area contributed by atoms with Crippen LogP contribution in [-0.4, -0.2) is 59.7 Å². The molecular weight excluding hydrogens is 337 g/mol. The average molecular weight is 361 g/mol. The maximum absolute atomic E-state index is 12.8. The quantitative estimate of drug-likeness (QED) is 0.711. The Morgan fingerprint density at radius 3 is 2.96 bits per heavy atom. The molecule has 0 spiro atoms. The van der Waals surface area contributed by atoms with E-state index in [1.165, 1.54) is 12.1 Å². The molecule has 140 valence electrons. The predicted molar refractivity (Wildman–Crippen MR) is 95.3 cm³/mol. The molecule has 1 aromatic carbocycles. The molecule has 26 heavy (non-hydrogen) atoms. The van der Waals surface area contributed by atoms with E-state index in [0.717, 1.165) is 25.5 Å². The molecule has 1 aliphatic heterocycles. The Hall–Kier alpha value is -2.45. The molecule has 0 radical (unpaired) electrons. The van der Waals surface area contributed by atoms with Gasteiger partial charge in [0.05, 0.1) is 19.1 Å². The van der Waals surface area contributed by atoms with Crippen LogP contribution in [0.3, 0.4) is 0 Å². The first kappa shape index (κ1) is 18.3. The number of piperazine rings is 1. The number of aryl methyl sites for hydroxylation is 1. The summed E-state index contributed by atoms with van der Waals surface area (Å²) in [6, 6.07) is 5.89. The highest BCUT2D eigenvalue weighted by molar-refractivity contribution is 5.78. The summed E-state index contributed by atoms with van der Waals surface area (Å²) >= 11 is 0. The molecule has 1 saturated heterocycles. The molecule has 1 aliphatic rings. The number of ether oxygens (including phenoxy) is 1. The molecule has 1 aromatic heterocycles. The lowest BCUT2D eigenvalue weighted by Crippen LogP contribution is -2.50. The van der Waals surface area contributed by atoms with Crippen molar-refractivity contribution in [2.45, 2.75) is 6.04 Å². The van der Waals surface area contributed by atoms with Gasteiger partial charge in [-0.1, -0.05) is 0 Å². The fourth-order valence-electron chi connectivity index (χ4n) is 3.02. The van der Waals surface area contributed by atoms with E-state index in [-0.39, 0.29) is 17.8 Å². The molecule has 3 rings (SSSR count). The highest BCUT2D eigenvalue weighted by Gasteiger charge is 2.27. The summed E-state index contributed by atoms with van der Waals surface area (Å²) in [6.45, 7) is 3.46. The van der Waals surface area contributed by atoms with Gasteiger partial charge in [0.2, 0.25) is 5.91 Å². The van der Waals surface area contributed by atoms with Crippen molar-refractivity contribution in [3.8, 4) is 5.75 Å². The molecule has 2 aromatic rings. The largest absolute Gasteiger partial charge is 0.492 e. The summed E-state index contributed by atoms with van der Waals surface area (Å²) in [5.41, 5.74) is 0. The van der Waals surface area contributed by atoms with E-state index in [1.807, 2.05) is 17.8 Å². The SMILES string of the molecule is Cn1ccnc1C1CNCCN1CC(=O)NCCOc1ccc(F)cc1. The summed E-state index contributed by atoms with van der Waals surface area (Å²) in [5.74, 6) is 1.18. The molecule has 0 saturated carbocycles. The molecular formula is C18H24FN5O2. The molecule has 1 fully saturated rings. The van der Waals surface area contributed by atoms with Crippen LogP contribution in [0.25, 0.3) is 0 Å².